The van der Waals surface area contributed by atoms with Crippen LogP contribution in [0.1, 0.15) is 23.2 Å². The predicted octanol–water partition coefficient (Wildman–Crippen LogP) is 3.47. The van der Waals surface area contributed by atoms with E-state index in [0.717, 1.165) is 43.2 Å². The molecule has 0 unspecified atom stereocenters. The molecule has 2 atom stereocenters. The minimum atomic E-state index is -0.230. The lowest BCUT2D eigenvalue weighted by atomic mass is 9.88. The summed E-state index contributed by atoms with van der Waals surface area (Å²) in [5.74, 6) is 0.258. The van der Waals surface area contributed by atoms with Crippen molar-refractivity contribution in [1.82, 2.24) is 9.88 Å². The molecular formula is C19H23ClN2O. The van der Waals surface area contributed by atoms with E-state index < -0.39 is 0 Å². The fourth-order valence-corrected chi connectivity index (χ4v) is 3.38. The van der Waals surface area contributed by atoms with E-state index in [9.17, 15) is 5.11 Å². The van der Waals surface area contributed by atoms with E-state index >= 15 is 0 Å². The number of piperidine rings is 1. The molecule has 0 bridgehead atoms. The van der Waals surface area contributed by atoms with Crippen molar-refractivity contribution < 1.29 is 5.11 Å². The van der Waals surface area contributed by atoms with Crippen LogP contribution >= 0.6 is 11.6 Å². The number of rotatable bonds is 4. The van der Waals surface area contributed by atoms with Gasteiger partial charge in [0.2, 0.25) is 0 Å². The minimum absolute atomic E-state index is 0.230. The lowest BCUT2D eigenvalue weighted by Gasteiger charge is -2.36. The Bertz CT molecular complexity index is 644. The highest BCUT2D eigenvalue weighted by atomic mass is 35.5. The first-order valence-corrected chi connectivity index (χ1v) is 8.55. The fraction of sp³-hybridized carbons (Fsp3) is 0.421. The third-order valence-corrected chi connectivity index (χ3v) is 4.93. The highest BCUT2D eigenvalue weighted by molar-refractivity contribution is 6.30. The summed E-state index contributed by atoms with van der Waals surface area (Å²) in [7, 11) is 0. The fourth-order valence-electron chi connectivity index (χ4n) is 3.26. The van der Waals surface area contributed by atoms with Crippen molar-refractivity contribution >= 4 is 11.6 Å². The van der Waals surface area contributed by atoms with Crippen LogP contribution in [0.5, 0.6) is 0 Å². The smallest absolute Gasteiger partial charge is 0.0596 e. The van der Waals surface area contributed by atoms with E-state index in [-0.39, 0.29) is 12.0 Å². The molecule has 1 N–H and O–H groups in total. The molecule has 1 aliphatic heterocycles. The second-order valence-corrected chi connectivity index (χ2v) is 6.89. The average Bonchev–Trinajstić information content (AvgIpc) is 2.55. The van der Waals surface area contributed by atoms with Crippen LogP contribution in [0.3, 0.4) is 0 Å². The van der Waals surface area contributed by atoms with Crippen LogP contribution in [0.25, 0.3) is 0 Å². The van der Waals surface area contributed by atoms with Gasteiger partial charge in [0.05, 0.1) is 11.8 Å². The third-order valence-electron chi connectivity index (χ3n) is 4.68. The van der Waals surface area contributed by atoms with Crippen LogP contribution in [-0.4, -0.2) is 34.2 Å². The number of nitrogens with zero attached hydrogens (tertiary/aromatic N) is 2. The predicted molar refractivity (Wildman–Crippen MR) is 93.5 cm³/mol. The van der Waals surface area contributed by atoms with Crippen LogP contribution in [0.4, 0.5) is 0 Å². The van der Waals surface area contributed by atoms with Crippen molar-refractivity contribution in [2.45, 2.75) is 32.4 Å². The number of aliphatic hydroxyl groups excluding tert-OH is 1. The number of pyridine rings is 1. The monoisotopic (exact) mass is 330 g/mol. The Hall–Kier alpha value is -1.42. The molecule has 0 amide bonds. The van der Waals surface area contributed by atoms with E-state index in [2.05, 4.69) is 35.0 Å². The number of likely N-dealkylation sites (tertiary alicyclic amines) is 1. The molecule has 3 nitrogen and oxygen atoms in total. The van der Waals surface area contributed by atoms with Crippen molar-refractivity contribution in [1.29, 1.82) is 0 Å². The summed E-state index contributed by atoms with van der Waals surface area (Å²) in [5.41, 5.74) is 3.59. The first-order chi connectivity index (χ1) is 11.1. The van der Waals surface area contributed by atoms with Crippen LogP contribution < -0.4 is 0 Å². The minimum Gasteiger partial charge on any atom is -0.393 e. The summed E-state index contributed by atoms with van der Waals surface area (Å²) in [6.07, 6.45) is 3.33. The number of aliphatic hydroxyl groups is 1. The van der Waals surface area contributed by atoms with Gasteiger partial charge < -0.3 is 5.11 Å². The SMILES string of the molecule is Cc1cccnc1CN1CC[C@H](O)[C@H](Cc2ccc(Cl)cc2)C1. The molecule has 2 aromatic rings. The van der Waals surface area contributed by atoms with Crippen LogP contribution in [0.2, 0.25) is 5.02 Å². The summed E-state index contributed by atoms with van der Waals surface area (Å²) in [6, 6.07) is 12.0. The molecule has 4 heteroatoms. The first kappa shape index (κ1) is 16.4. The molecule has 0 radical (unpaired) electrons. The summed E-state index contributed by atoms with van der Waals surface area (Å²) < 4.78 is 0. The molecule has 122 valence electrons. The van der Waals surface area contributed by atoms with Gasteiger partial charge in [-0.1, -0.05) is 29.8 Å². The van der Waals surface area contributed by atoms with E-state index in [1.807, 2.05) is 24.4 Å². The molecule has 1 fully saturated rings. The Morgan fingerprint density at radius 1 is 1.26 bits per heavy atom. The van der Waals surface area contributed by atoms with Gasteiger partial charge in [0.25, 0.3) is 0 Å². The Morgan fingerprint density at radius 2 is 2.04 bits per heavy atom. The summed E-state index contributed by atoms with van der Waals surface area (Å²) in [6.45, 7) is 4.79. The van der Waals surface area contributed by atoms with Crippen molar-refractivity contribution in [2.24, 2.45) is 5.92 Å². The molecule has 2 heterocycles. The van der Waals surface area contributed by atoms with E-state index in [1.165, 1.54) is 11.1 Å². The molecule has 23 heavy (non-hydrogen) atoms. The molecule has 0 aliphatic carbocycles. The van der Waals surface area contributed by atoms with Crippen LogP contribution in [-0.2, 0) is 13.0 Å². The van der Waals surface area contributed by atoms with Crippen molar-refractivity contribution in [3.05, 3.63) is 64.4 Å². The average molecular weight is 331 g/mol. The van der Waals surface area contributed by atoms with Gasteiger partial charge in [-0.15, -0.1) is 0 Å². The molecule has 0 saturated carbocycles. The molecule has 1 aromatic heterocycles. The quantitative estimate of drug-likeness (QED) is 0.932. The Balaban J connectivity index is 1.64. The maximum atomic E-state index is 10.4. The van der Waals surface area contributed by atoms with Gasteiger partial charge >= 0.3 is 0 Å². The largest absolute Gasteiger partial charge is 0.393 e. The Kier molecular flexibility index (Phi) is 5.31. The Morgan fingerprint density at radius 3 is 2.78 bits per heavy atom. The number of aromatic nitrogens is 1. The van der Waals surface area contributed by atoms with Crippen molar-refractivity contribution in [3.8, 4) is 0 Å². The normalized spacial score (nSPS) is 22.2. The Labute approximate surface area is 142 Å². The molecule has 0 spiro atoms. The van der Waals surface area contributed by atoms with Gasteiger partial charge in [0.15, 0.2) is 0 Å². The van der Waals surface area contributed by atoms with E-state index in [0.29, 0.717) is 0 Å². The lowest BCUT2D eigenvalue weighted by Crippen LogP contribution is -2.43. The first-order valence-electron chi connectivity index (χ1n) is 8.17. The molecule has 1 aromatic carbocycles. The number of hydrogen-bond donors (Lipinski definition) is 1. The number of benzene rings is 1. The second kappa shape index (κ2) is 7.43. The van der Waals surface area contributed by atoms with Gasteiger partial charge in [-0.3, -0.25) is 9.88 Å². The summed E-state index contributed by atoms with van der Waals surface area (Å²) in [5, 5.41) is 11.1. The second-order valence-electron chi connectivity index (χ2n) is 6.45. The highest BCUT2D eigenvalue weighted by Gasteiger charge is 2.28. The number of aryl methyl sites for hydroxylation is 1. The van der Waals surface area contributed by atoms with Gasteiger partial charge in [0, 0.05) is 36.8 Å². The van der Waals surface area contributed by atoms with Gasteiger partial charge in [-0.05, 0) is 49.1 Å². The van der Waals surface area contributed by atoms with Gasteiger partial charge in [0.1, 0.15) is 0 Å². The highest BCUT2D eigenvalue weighted by Crippen LogP contribution is 2.23. The zero-order valence-electron chi connectivity index (χ0n) is 13.5. The zero-order chi connectivity index (χ0) is 16.2. The molecular weight excluding hydrogens is 308 g/mol. The molecule has 1 saturated heterocycles. The van der Waals surface area contributed by atoms with Crippen molar-refractivity contribution in [3.63, 3.8) is 0 Å². The maximum Gasteiger partial charge on any atom is 0.0596 e. The standard InChI is InChI=1S/C19H23ClN2O/c1-14-3-2-9-21-18(14)13-22-10-8-19(23)16(12-22)11-15-4-6-17(20)7-5-15/h2-7,9,16,19,23H,8,10-13H2,1H3/t16-,19+/m1/s1. The molecule has 3 rings (SSSR count). The van der Waals surface area contributed by atoms with Crippen molar-refractivity contribution in [2.75, 3.05) is 13.1 Å². The maximum absolute atomic E-state index is 10.4. The number of halogens is 1. The van der Waals surface area contributed by atoms with E-state index in [1.54, 1.807) is 0 Å². The summed E-state index contributed by atoms with van der Waals surface area (Å²) in [4.78, 5) is 6.90. The summed E-state index contributed by atoms with van der Waals surface area (Å²) >= 11 is 5.95. The molecule has 1 aliphatic rings. The van der Waals surface area contributed by atoms with Gasteiger partial charge in [-0.25, -0.2) is 0 Å². The van der Waals surface area contributed by atoms with E-state index in [4.69, 9.17) is 11.6 Å². The van der Waals surface area contributed by atoms with Crippen LogP contribution in [0, 0.1) is 12.8 Å². The topological polar surface area (TPSA) is 36.4 Å². The van der Waals surface area contributed by atoms with Gasteiger partial charge in [-0.2, -0.15) is 0 Å². The zero-order valence-corrected chi connectivity index (χ0v) is 14.2. The third kappa shape index (κ3) is 4.31. The number of hydrogen-bond acceptors (Lipinski definition) is 3. The lowest BCUT2D eigenvalue weighted by molar-refractivity contribution is 0.0234. The van der Waals surface area contributed by atoms with Crippen LogP contribution in [0.15, 0.2) is 42.6 Å².